The molecule has 2 unspecified atom stereocenters. The van der Waals surface area contributed by atoms with Crippen molar-refractivity contribution >= 4 is 5.91 Å². The first-order chi connectivity index (χ1) is 8.68. The highest BCUT2D eigenvalue weighted by molar-refractivity contribution is 5.83. The van der Waals surface area contributed by atoms with Crippen molar-refractivity contribution in [2.24, 2.45) is 17.3 Å². The van der Waals surface area contributed by atoms with E-state index in [1.807, 2.05) is 0 Å². The fourth-order valence-corrected chi connectivity index (χ4v) is 3.24. The quantitative estimate of drug-likeness (QED) is 0.761. The number of nitrogens with one attached hydrogen (secondary N) is 2. The largest absolute Gasteiger partial charge is 0.355 e. The molecule has 0 radical (unpaired) electrons. The zero-order chi connectivity index (χ0) is 13.0. The van der Waals surface area contributed by atoms with Crippen LogP contribution in [-0.2, 0) is 4.79 Å². The predicted molar refractivity (Wildman–Crippen MR) is 74.3 cm³/mol. The van der Waals surface area contributed by atoms with E-state index in [1.54, 1.807) is 0 Å². The van der Waals surface area contributed by atoms with E-state index >= 15 is 0 Å². The highest BCUT2D eigenvalue weighted by atomic mass is 16.2. The van der Waals surface area contributed by atoms with Gasteiger partial charge in [-0.05, 0) is 50.5 Å². The first kappa shape index (κ1) is 13.9. The van der Waals surface area contributed by atoms with Crippen molar-refractivity contribution < 1.29 is 4.79 Å². The molecule has 2 fully saturated rings. The molecule has 0 spiro atoms. The Morgan fingerprint density at radius 3 is 2.83 bits per heavy atom. The van der Waals surface area contributed by atoms with Crippen LogP contribution < -0.4 is 10.6 Å². The predicted octanol–water partition coefficient (Wildman–Crippen LogP) is 2.32. The molecule has 3 heteroatoms. The molecule has 3 nitrogen and oxygen atoms in total. The maximum absolute atomic E-state index is 12.5. The third kappa shape index (κ3) is 3.25. The summed E-state index contributed by atoms with van der Waals surface area (Å²) in [6.07, 6.45) is 7.01. The molecule has 2 aliphatic rings. The Labute approximate surface area is 111 Å². The zero-order valence-corrected chi connectivity index (χ0v) is 11.9. The molecular formula is C15H28N2O. The van der Waals surface area contributed by atoms with E-state index in [-0.39, 0.29) is 5.41 Å². The van der Waals surface area contributed by atoms with Gasteiger partial charge in [-0.2, -0.15) is 0 Å². The van der Waals surface area contributed by atoms with Crippen molar-refractivity contribution in [2.75, 3.05) is 19.6 Å². The molecule has 1 saturated carbocycles. The number of rotatable bonds is 6. The molecule has 0 aromatic carbocycles. The van der Waals surface area contributed by atoms with Crippen LogP contribution in [0.5, 0.6) is 0 Å². The Morgan fingerprint density at radius 2 is 2.28 bits per heavy atom. The summed E-state index contributed by atoms with van der Waals surface area (Å²) in [6, 6.07) is 0. The molecule has 2 atom stereocenters. The van der Waals surface area contributed by atoms with E-state index in [1.165, 1.54) is 12.8 Å². The minimum atomic E-state index is -0.129. The fraction of sp³-hybridized carbons (Fsp3) is 0.933. The SMILES string of the molecule is CCCC1(C(=O)NCC(C)C2CC2)CCCNC1. The molecule has 104 valence electrons. The molecular weight excluding hydrogens is 224 g/mol. The van der Waals surface area contributed by atoms with Gasteiger partial charge in [0.1, 0.15) is 0 Å². The first-order valence-electron chi connectivity index (χ1n) is 7.67. The molecule has 1 amide bonds. The van der Waals surface area contributed by atoms with Gasteiger partial charge in [0.05, 0.1) is 5.41 Å². The summed E-state index contributed by atoms with van der Waals surface area (Å²) in [5.41, 5.74) is -0.129. The van der Waals surface area contributed by atoms with Gasteiger partial charge in [0.2, 0.25) is 5.91 Å². The summed E-state index contributed by atoms with van der Waals surface area (Å²) in [4.78, 5) is 12.5. The molecule has 1 heterocycles. The van der Waals surface area contributed by atoms with Gasteiger partial charge >= 0.3 is 0 Å². The second kappa shape index (κ2) is 6.05. The molecule has 0 bridgehead atoms. The summed E-state index contributed by atoms with van der Waals surface area (Å²) < 4.78 is 0. The second-order valence-electron chi connectivity index (χ2n) is 6.34. The lowest BCUT2D eigenvalue weighted by atomic mass is 9.76. The van der Waals surface area contributed by atoms with E-state index in [0.717, 1.165) is 51.2 Å². The number of hydrogen-bond donors (Lipinski definition) is 2. The fourth-order valence-electron chi connectivity index (χ4n) is 3.24. The highest BCUT2D eigenvalue weighted by Crippen LogP contribution is 2.36. The van der Waals surface area contributed by atoms with Crippen molar-refractivity contribution in [3.8, 4) is 0 Å². The minimum Gasteiger partial charge on any atom is -0.355 e. The van der Waals surface area contributed by atoms with Crippen molar-refractivity contribution in [3.05, 3.63) is 0 Å². The van der Waals surface area contributed by atoms with Crippen LogP contribution in [0.1, 0.15) is 52.4 Å². The maximum Gasteiger partial charge on any atom is 0.227 e. The van der Waals surface area contributed by atoms with Crippen LogP contribution in [0.15, 0.2) is 0 Å². The number of carbonyl (C=O) groups is 1. The van der Waals surface area contributed by atoms with Crippen LogP contribution in [0.4, 0.5) is 0 Å². The number of amides is 1. The minimum absolute atomic E-state index is 0.129. The van der Waals surface area contributed by atoms with Crippen LogP contribution in [0.25, 0.3) is 0 Å². The first-order valence-corrected chi connectivity index (χ1v) is 7.67. The van der Waals surface area contributed by atoms with Crippen LogP contribution in [0.3, 0.4) is 0 Å². The summed E-state index contributed by atoms with van der Waals surface area (Å²) in [5, 5.41) is 6.62. The number of hydrogen-bond acceptors (Lipinski definition) is 2. The lowest BCUT2D eigenvalue weighted by molar-refractivity contribution is -0.132. The van der Waals surface area contributed by atoms with Gasteiger partial charge in [-0.1, -0.05) is 20.3 Å². The van der Waals surface area contributed by atoms with Gasteiger partial charge in [-0.3, -0.25) is 4.79 Å². The van der Waals surface area contributed by atoms with Gasteiger partial charge in [0.25, 0.3) is 0 Å². The van der Waals surface area contributed by atoms with Crippen LogP contribution in [0, 0.1) is 17.3 Å². The van der Waals surface area contributed by atoms with E-state index in [0.29, 0.717) is 11.8 Å². The van der Waals surface area contributed by atoms with E-state index in [2.05, 4.69) is 24.5 Å². The van der Waals surface area contributed by atoms with Crippen LogP contribution >= 0.6 is 0 Å². The van der Waals surface area contributed by atoms with Crippen molar-refractivity contribution in [1.82, 2.24) is 10.6 Å². The molecule has 0 aromatic heterocycles. The standard InChI is InChI=1S/C15H28N2O/c1-3-7-15(8-4-9-16-11-15)14(18)17-10-12(2)13-5-6-13/h12-13,16H,3-11H2,1-2H3,(H,17,18). The molecule has 18 heavy (non-hydrogen) atoms. The Morgan fingerprint density at radius 1 is 1.50 bits per heavy atom. The number of carbonyl (C=O) groups excluding carboxylic acids is 1. The van der Waals surface area contributed by atoms with Crippen LogP contribution in [-0.4, -0.2) is 25.5 Å². The van der Waals surface area contributed by atoms with Gasteiger partial charge in [-0.25, -0.2) is 0 Å². The van der Waals surface area contributed by atoms with E-state index in [4.69, 9.17) is 0 Å². The van der Waals surface area contributed by atoms with Gasteiger partial charge in [-0.15, -0.1) is 0 Å². The van der Waals surface area contributed by atoms with Gasteiger partial charge in [0.15, 0.2) is 0 Å². The normalized spacial score (nSPS) is 29.9. The topological polar surface area (TPSA) is 41.1 Å². The van der Waals surface area contributed by atoms with Gasteiger partial charge in [0, 0.05) is 13.1 Å². The smallest absolute Gasteiger partial charge is 0.227 e. The molecule has 1 aliphatic carbocycles. The van der Waals surface area contributed by atoms with Crippen molar-refractivity contribution in [2.45, 2.75) is 52.4 Å². The average Bonchev–Trinajstić information content (AvgIpc) is 3.21. The molecule has 0 aromatic rings. The molecule has 1 saturated heterocycles. The molecule has 2 N–H and O–H groups in total. The van der Waals surface area contributed by atoms with E-state index < -0.39 is 0 Å². The summed E-state index contributed by atoms with van der Waals surface area (Å²) >= 11 is 0. The highest BCUT2D eigenvalue weighted by Gasteiger charge is 2.39. The lowest BCUT2D eigenvalue weighted by Crippen LogP contribution is -2.51. The Hall–Kier alpha value is -0.570. The summed E-state index contributed by atoms with van der Waals surface area (Å²) in [6.45, 7) is 7.25. The Bertz CT molecular complexity index is 275. The summed E-state index contributed by atoms with van der Waals surface area (Å²) in [5.74, 6) is 1.82. The van der Waals surface area contributed by atoms with E-state index in [9.17, 15) is 4.79 Å². The molecule has 1 aliphatic heterocycles. The Balaban J connectivity index is 1.86. The number of piperidine rings is 1. The lowest BCUT2D eigenvalue weighted by Gasteiger charge is -2.36. The van der Waals surface area contributed by atoms with Gasteiger partial charge < -0.3 is 10.6 Å². The summed E-state index contributed by atoms with van der Waals surface area (Å²) in [7, 11) is 0. The monoisotopic (exact) mass is 252 g/mol. The van der Waals surface area contributed by atoms with Crippen LogP contribution in [0.2, 0.25) is 0 Å². The Kier molecular flexibility index (Phi) is 4.66. The van der Waals surface area contributed by atoms with Crippen molar-refractivity contribution in [1.29, 1.82) is 0 Å². The average molecular weight is 252 g/mol. The third-order valence-corrected chi connectivity index (χ3v) is 4.69. The zero-order valence-electron chi connectivity index (χ0n) is 11.9. The third-order valence-electron chi connectivity index (χ3n) is 4.69. The maximum atomic E-state index is 12.5. The molecule has 2 rings (SSSR count). The second-order valence-corrected chi connectivity index (χ2v) is 6.34. The van der Waals surface area contributed by atoms with Crippen molar-refractivity contribution in [3.63, 3.8) is 0 Å².